The zero-order valence-corrected chi connectivity index (χ0v) is 13.2. The zero-order valence-electron chi connectivity index (χ0n) is 12.4. The second kappa shape index (κ2) is 5.77. The number of anilines is 2. The number of rotatable bonds is 3. The van der Waals surface area contributed by atoms with E-state index in [1.165, 1.54) is 4.31 Å². The van der Waals surface area contributed by atoms with E-state index in [0.29, 0.717) is 37.6 Å². The molecule has 2 heterocycles. The fraction of sp³-hybridized carbons (Fsp3) is 0.500. The number of piperazine rings is 1. The maximum absolute atomic E-state index is 11.9. The molecule has 0 bridgehead atoms. The molecule has 1 aromatic rings. The summed E-state index contributed by atoms with van der Waals surface area (Å²) in [5.41, 5.74) is 1.56. The number of nitrogens with one attached hydrogen (secondary N) is 1. The van der Waals surface area contributed by atoms with E-state index in [1.54, 1.807) is 13.0 Å². The van der Waals surface area contributed by atoms with Crippen LogP contribution in [0.2, 0.25) is 0 Å². The molecule has 0 aliphatic carbocycles. The minimum atomic E-state index is -3.13. The van der Waals surface area contributed by atoms with Crippen LogP contribution in [0, 0.1) is 0 Å². The van der Waals surface area contributed by atoms with Gasteiger partial charge < -0.3 is 15.0 Å². The summed E-state index contributed by atoms with van der Waals surface area (Å²) in [4.78, 5) is 13.5. The average molecular weight is 325 g/mol. The minimum absolute atomic E-state index is 0.00813. The number of sulfonamides is 1. The highest BCUT2D eigenvalue weighted by Gasteiger charge is 2.28. The van der Waals surface area contributed by atoms with Crippen LogP contribution in [0.1, 0.15) is 6.92 Å². The first-order chi connectivity index (χ1) is 10.5. The van der Waals surface area contributed by atoms with Gasteiger partial charge in [-0.15, -0.1) is 0 Å². The lowest BCUT2D eigenvalue weighted by Crippen LogP contribution is -2.49. The first-order valence-electron chi connectivity index (χ1n) is 7.29. The predicted molar refractivity (Wildman–Crippen MR) is 83.8 cm³/mol. The lowest BCUT2D eigenvalue weighted by Gasteiger charge is -2.36. The van der Waals surface area contributed by atoms with E-state index in [9.17, 15) is 13.2 Å². The van der Waals surface area contributed by atoms with Crippen molar-refractivity contribution in [1.29, 1.82) is 0 Å². The molecule has 1 N–H and O–H groups in total. The van der Waals surface area contributed by atoms with Gasteiger partial charge >= 0.3 is 0 Å². The van der Waals surface area contributed by atoms with Crippen LogP contribution < -0.4 is 15.0 Å². The summed E-state index contributed by atoms with van der Waals surface area (Å²) in [7, 11) is -3.13. The number of ether oxygens (including phenoxy) is 1. The molecule has 120 valence electrons. The fourth-order valence-electron chi connectivity index (χ4n) is 2.74. The van der Waals surface area contributed by atoms with Gasteiger partial charge in [0.2, 0.25) is 10.0 Å². The molecule has 1 amide bonds. The van der Waals surface area contributed by atoms with Crippen LogP contribution in [0.15, 0.2) is 18.2 Å². The molecule has 7 nitrogen and oxygen atoms in total. The largest absolute Gasteiger partial charge is 0.479 e. The molecule has 0 saturated carbocycles. The first-order valence-corrected chi connectivity index (χ1v) is 8.90. The van der Waals surface area contributed by atoms with Crippen molar-refractivity contribution in [3.8, 4) is 5.75 Å². The highest BCUT2D eigenvalue weighted by atomic mass is 32.2. The summed E-state index contributed by atoms with van der Waals surface area (Å²) in [5, 5.41) is 2.78. The maximum atomic E-state index is 11.9. The van der Waals surface area contributed by atoms with Crippen LogP contribution in [0.3, 0.4) is 0 Å². The van der Waals surface area contributed by atoms with Crippen molar-refractivity contribution in [1.82, 2.24) is 4.31 Å². The molecule has 0 unspecified atom stereocenters. The maximum Gasteiger partial charge on any atom is 0.262 e. The molecule has 0 atom stereocenters. The van der Waals surface area contributed by atoms with Crippen molar-refractivity contribution in [3.05, 3.63) is 18.2 Å². The van der Waals surface area contributed by atoms with E-state index in [2.05, 4.69) is 10.2 Å². The smallest absolute Gasteiger partial charge is 0.262 e. The number of amides is 1. The molecule has 8 heteroatoms. The Labute approximate surface area is 129 Å². The van der Waals surface area contributed by atoms with E-state index >= 15 is 0 Å². The van der Waals surface area contributed by atoms with E-state index in [1.807, 2.05) is 12.1 Å². The second-order valence-corrected chi connectivity index (χ2v) is 7.53. The number of benzene rings is 1. The van der Waals surface area contributed by atoms with Crippen LogP contribution >= 0.6 is 0 Å². The number of nitrogens with zero attached hydrogens (tertiary/aromatic N) is 2. The first kappa shape index (κ1) is 15.1. The van der Waals surface area contributed by atoms with Crippen molar-refractivity contribution >= 4 is 27.3 Å². The highest BCUT2D eigenvalue weighted by Crippen LogP contribution is 2.38. The van der Waals surface area contributed by atoms with Crippen molar-refractivity contribution in [2.75, 3.05) is 48.8 Å². The summed E-state index contributed by atoms with van der Waals surface area (Å²) in [6, 6.07) is 5.59. The van der Waals surface area contributed by atoms with E-state index < -0.39 is 10.0 Å². The predicted octanol–water partition coefficient (Wildman–Crippen LogP) is 0.489. The van der Waals surface area contributed by atoms with Gasteiger partial charge in [0.25, 0.3) is 5.91 Å². The van der Waals surface area contributed by atoms with Crippen molar-refractivity contribution < 1.29 is 17.9 Å². The molecular formula is C14H19N3O4S. The number of hydrogen-bond donors (Lipinski definition) is 1. The Balaban J connectivity index is 1.78. The van der Waals surface area contributed by atoms with Gasteiger partial charge in [-0.25, -0.2) is 8.42 Å². The summed E-state index contributed by atoms with van der Waals surface area (Å²) in [6.07, 6.45) is 0. The number of para-hydroxylation sites is 1. The van der Waals surface area contributed by atoms with Gasteiger partial charge in [0.1, 0.15) is 0 Å². The zero-order chi connectivity index (χ0) is 15.7. The molecule has 2 aliphatic rings. The van der Waals surface area contributed by atoms with Gasteiger partial charge in [0.15, 0.2) is 12.4 Å². The van der Waals surface area contributed by atoms with Crippen molar-refractivity contribution in [2.24, 2.45) is 0 Å². The molecule has 0 radical (unpaired) electrons. The lowest BCUT2D eigenvalue weighted by molar-refractivity contribution is -0.118. The Kier molecular flexibility index (Phi) is 3.96. The van der Waals surface area contributed by atoms with Crippen LogP contribution in [-0.2, 0) is 14.8 Å². The molecule has 1 aromatic carbocycles. The molecule has 0 spiro atoms. The number of carbonyl (C=O) groups is 1. The van der Waals surface area contributed by atoms with Gasteiger partial charge in [-0.3, -0.25) is 4.79 Å². The molecule has 22 heavy (non-hydrogen) atoms. The average Bonchev–Trinajstić information content (AvgIpc) is 2.54. The molecular weight excluding hydrogens is 306 g/mol. The minimum Gasteiger partial charge on any atom is -0.479 e. The fourth-order valence-corrected chi connectivity index (χ4v) is 3.82. The third-order valence-electron chi connectivity index (χ3n) is 3.95. The SMILES string of the molecule is CCS(=O)(=O)N1CCN(c2cccc3c2OCC(=O)N3)CC1. The quantitative estimate of drug-likeness (QED) is 0.875. The third-order valence-corrected chi connectivity index (χ3v) is 5.83. The molecule has 1 fully saturated rings. The Morgan fingerprint density at radius 2 is 1.95 bits per heavy atom. The lowest BCUT2D eigenvalue weighted by atomic mass is 10.2. The molecule has 3 rings (SSSR count). The third kappa shape index (κ3) is 2.76. The van der Waals surface area contributed by atoms with Crippen LogP contribution in [0.25, 0.3) is 0 Å². The summed E-state index contributed by atoms with van der Waals surface area (Å²) < 4.78 is 30.9. The van der Waals surface area contributed by atoms with Gasteiger partial charge in [0.05, 0.1) is 17.1 Å². The summed E-state index contributed by atoms with van der Waals surface area (Å²) in [6.45, 7) is 3.80. The highest BCUT2D eigenvalue weighted by molar-refractivity contribution is 7.89. The molecule has 1 saturated heterocycles. The van der Waals surface area contributed by atoms with Gasteiger partial charge in [-0.2, -0.15) is 4.31 Å². The number of hydrogen-bond acceptors (Lipinski definition) is 5. The second-order valence-electron chi connectivity index (χ2n) is 5.28. The van der Waals surface area contributed by atoms with E-state index in [4.69, 9.17) is 4.74 Å². The standard InChI is InChI=1S/C14H19N3O4S/c1-2-22(19,20)17-8-6-16(7-9-17)12-5-3-4-11-14(12)21-10-13(18)15-11/h3-5H,2,6-10H2,1H3,(H,15,18). The Hall–Kier alpha value is -1.80. The van der Waals surface area contributed by atoms with Crippen LogP contribution in [0.5, 0.6) is 5.75 Å². The Morgan fingerprint density at radius 3 is 2.64 bits per heavy atom. The van der Waals surface area contributed by atoms with Crippen LogP contribution in [-0.4, -0.2) is 57.2 Å². The normalized spacial score (nSPS) is 19.3. The van der Waals surface area contributed by atoms with Crippen molar-refractivity contribution in [2.45, 2.75) is 6.92 Å². The van der Waals surface area contributed by atoms with Gasteiger partial charge in [-0.1, -0.05) is 6.07 Å². The van der Waals surface area contributed by atoms with E-state index in [0.717, 1.165) is 5.69 Å². The van der Waals surface area contributed by atoms with Crippen LogP contribution in [0.4, 0.5) is 11.4 Å². The monoisotopic (exact) mass is 325 g/mol. The number of carbonyl (C=O) groups excluding carboxylic acids is 1. The molecule has 0 aromatic heterocycles. The summed E-state index contributed by atoms with van der Waals surface area (Å²) in [5.74, 6) is 0.625. The number of fused-ring (bicyclic) bond motifs is 1. The van der Waals surface area contributed by atoms with Crippen molar-refractivity contribution in [3.63, 3.8) is 0 Å². The van der Waals surface area contributed by atoms with Gasteiger partial charge in [0, 0.05) is 26.2 Å². The topological polar surface area (TPSA) is 79.0 Å². The van der Waals surface area contributed by atoms with E-state index in [-0.39, 0.29) is 18.3 Å². The Morgan fingerprint density at radius 1 is 1.23 bits per heavy atom. The van der Waals surface area contributed by atoms with Gasteiger partial charge in [-0.05, 0) is 19.1 Å². The summed E-state index contributed by atoms with van der Waals surface area (Å²) >= 11 is 0. The molecule has 2 aliphatic heterocycles. The Bertz CT molecular complexity index is 681.